The largest absolute Gasteiger partial charge is 0.384 e. The smallest absolute Gasteiger partial charge is 0.0691 e. The van der Waals surface area contributed by atoms with Gasteiger partial charge in [-0.15, -0.1) is 0 Å². The number of nitrogens with one attached hydrogen (secondary N) is 2. The molecule has 2 fully saturated rings. The molecule has 5 heteroatoms. The van der Waals surface area contributed by atoms with E-state index in [0.29, 0.717) is 0 Å². The number of aryl methyl sites for hydroxylation is 1. The first-order chi connectivity index (χ1) is 13.2. The Morgan fingerprint density at radius 3 is 2.93 bits per heavy atom. The summed E-state index contributed by atoms with van der Waals surface area (Å²) in [6.07, 6.45) is 17.1. The van der Waals surface area contributed by atoms with Gasteiger partial charge in [-0.1, -0.05) is 25.0 Å². The Hall–Kier alpha value is -1.72. The van der Waals surface area contributed by atoms with Crippen molar-refractivity contribution in [2.75, 3.05) is 19.7 Å². The Morgan fingerprint density at radius 2 is 2.15 bits per heavy atom. The minimum absolute atomic E-state index is 0.119. The van der Waals surface area contributed by atoms with Crippen LogP contribution in [0.3, 0.4) is 0 Å². The molecule has 4 rings (SSSR count). The molecule has 3 aliphatic rings. The fourth-order valence-corrected chi connectivity index (χ4v) is 5.15. The summed E-state index contributed by atoms with van der Waals surface area (Å²) in [4.78, 5) is 0. The van der Waals surface area contributed by atoms with Gasteiger partial charge in [-0.25, -0.2) is 0 Å². The lowest BCUT2D eigenvalue weighted by Crippen LogP contribution is -2.48. The molecule has 1 saturated heterocycles. The molecule has 1 aromatic rings. The molecule has 0 unspecified atom stereocenters. The highest BCUT2D eigenvalue weighted by Crippen LogP contribution is 2.51. The third-order valence-electron chi connectivity index (χ3n) is 6.49. The van der Waals surface area contributed by atoms with Gasteiger partial charge in [0, 0.05) is 30.8 Å². The van der Waals surface area contributed by atoms with Crippen molar-refractivity contribution in [2.45, 2.75) is 64.0 Å². The van der Waals surface area contributed by atoms with Crippen LogP contribution in [0.15, 0.2) is 36.2 Å². The minimum Gasteiger partial charge on any atom is -0.384 e. The van der Waals surface area contributed by atoms with Crippen molar-refractivity contribution in [3.63, 3.8) is 0 Å². The van der Waals surface area contributed by atoms with E-state index in [9.17, 15) is 0 Å². The van der Waals surface area contributed by atoms with Crippen molar-refractivity contribution >= 4 is 0 Å². The lowest BCUT2D eigenvalue weighted by molar-refractivity contribution is -0.116. The molecule has 27 heavy (non-hydrogen) atoms. The average molecular weight is 369 g/mol. The first kappa shape index (κ1) is 18.6. The maximum Gasteiger partial charge on any atom is 0.0691 e. The van der Waals surface area contributed by atoms with Crippen LogP contribution in [-0.2, 0) is 11.3 Å². The van der Waals surface area contributed by atoms with Crippen LogP contribution in [0.2, 0.25) is 0 Å². The van der Waals surface area contributed by atoms with E-state index in [1.807, 2.05) is 13.1 Å². The van der Waals surface area contributed by atoms with Gasteiger partial charge in [-0.05, 0) is 63.3 Å². The Morgan fingerprint density at radius 1 is 1.26 bits per heavy atom. The third-order valence-corrected chi connectivity index (χ3v) is 6.49. The van der Waals surface area contributed by atoms with E-state index in [1.165, 1.54) is 36.9 Å². The zero-order valence-corrected chi connectivity index (χ0v) is 16.5. The second-order valence-electron chi connectivity index (χ2n) is 8.47. The average Bonchev–Trinajstić information content (AvgIpc) is 3.13. The third kappa shape index (κ3) is 4.25. The number of aromatic nitrogens is 2. The lowest BCUT2D eigenvalue weighted by Gasteiger charge is -2.48. The summed E-state index contributed by atoms with van der Waals surface area (Å²) in [6.45, 7) is 5.66. The molecule has 3 heterocycles. The number of nitrogens with zero attached hydrogens (tertiary/aromatic N) is 2. The standard InChI is InChI=1S/C22H32N4O/c1-18-14-19(16-25-26-18)15-23-12-9-21(20-6-2-5-11-24-20)10-13-27-22(17-21)7-3-4-8-22/h2,5-6,14,16,23-24H,3-4,7-13,15,17H2,1H3/t21-/m1/s1. The molecule has 5 nitrogen and oxygen atoms in total. The lowest BCUT2D eigenvalue weighted by atomic mass is 9.67. The van der Waals surface area contributed by atoms with Crippen LogP contribution in [0.1, 0.15) is 56.2 Å². The molecule has 2 N–H and O–H groups in total. The van der Waals surface area contributed by atoms with Crippen LogP contribution in [0.4, 0.5) is 0 Å². The second kappa shape index (κ2) is 8.11. The molecule has 0 amide bonds. The monoisotopic (exact) mass is 368 g/mol. The summed E-state index contributed by atoms with van der Waals surface area (Å²) in [5.74, 6) is 0. The fraction of sp³-hybridized carbons (Fsp3) is 0.636. The molecule has 2 aliphatic heterocycles. The van der Waals surface area contributed by atoms with Crippen LogP contribution in [0.5, 0.6) is 0 Å². The SMILES string of the molecule is Cc1cc(CNCC[C@@]2(C3=CC=CCN3)CCOC3(CCCC3)C2)cnn1. The number of rotatable bonds is 6. The van der Waals surface area contributed by atoms with Gasteiger partial charge in [0.1, 0.15) is 0 Å². The normalized spacial score (nSPS) is 26.8. The minimum atomic E-state index is 0.119. The molecule has 1 aliphatic carbocycles. The summed E-state index contributed by atoms with van der Waals surface area (Å²) in [5.41, 5.74) is 3.92. The van der Waals surface area contributed by atoms with Gasteiger partial charge in [0.2, 0.25) is 0 Å². The molecule has 146 valence electrons. The predicted octanol–water partition coefficient (Wildman–Crippen LogP) is 3.42. The molecule has 1 atom stereocenters. The van der Waals surface area contributed by atoms with Crippen LogP contribution in [0.25, 0.3) is 0 Å². The van der Waals surface area contributed by atoms with E-state index < -0.39 is 0 Å². The van der Waals surface area contributed by atoms with E-state index in [0.717, 1.165) is 51.2 Å². The predicted molar refractivity (Wildman–Crippen MR) is 107 cm³/mol. The van der Waals surface area contributed by atoms with Crippen molar-refractivity contribution in [1.29, 1.82) is 0 Å². The summed E-state index contributed by atoms with van der Waals surface area (Å²) >= 11 is 0. The van der Waals surface area contributed by atoms with Crippen LogP contribution in [-0.4, -0.2) is 35.5 Å². The van der Waals surface area contributed by atoms with Gasteiger partial charge in [0.05, 0.1) is 17.5 Å². The Balaban J connectivity index is 1.44. The molecular weight excluding hydrogens is 336 g/mol. The molecule has 0 bridgehead atoms. The van der Waals surface area contributed by atoms with E-state index in [4.69, 9.17) is 4.74 Å². The van der Waals surface area contributed by atoms with Gasteiger partial charge in [-0.3, -0.25) is 0 Å². The topological polar surface area (TPSA) is 59.1 Å². The van der Waals surface area contributed by atoms with Crippen LogP contribution in [0, 0.1) is 12.3 Å². The zero-order valence-electron chi connectivity index (χ0n) is 16.5. The Kier molecular flexibility index (Phi) is 5.60. The Labute approximate surface area is 162 Å². The molecular formula is C22H32N4O. The molecule has 0 aromatic carbocycles. The van der Waals surface area contributed by atoms with Gasteiger partial charge < -0.3 is 15.4 Å². The summed E-state index contributed by atoms with van der Waals surface area (Å²) in [6, 6.07) is 2.10. The number of allylic oxidation sites excluding steroid dienone is 3. The van der Waals surface area contributed by atoms with Crippen molar-refractivity contribution in [2.24, 2.45) is 5.41 Å². The summed E-state index contributed by atoms with van der Waals surface area (Å²) in [7, 11) is 0. The maximum absolute atomic E-state index is 6.35. The highest BCUT2D eigenvalue weighted by Gasteiger charge is 2.48. The van der Waals surface area contributed by atoms with Crippen molar-refractivity contribution < 1.29 is 4.74 Å². The van der Waals surface area contributed by atoms with Gasteiger partial charge >= 0.3 is 0 Å². The van der Waals surface area contributed by atoms with Crippen molar-refractivity contribution in [3.8, 4) is 0 Å². The first-order valence-corrected chi connectivity index (χ1v) is 10.4. The summed E-state index contributed by atoms with van der Waals surface area (Å²) < 4.78 is 6.35. The maximum atomic E-state index is 6.35. The van der Waals surface area contributed by atoms with Gasteiger partial charge in [0.15, 0.2) is 0 Å². The van der Waals surface area contributed by atoms with Gasteiger partial charge in [-0.2, -0.15) is 10.2 Å². The summed E-state index contributed by atoms with van der Waals surface area (Å²) in [5, 5.41) is 15.4. The first-order valence-electron chi connectivity index (χ1n) is 10.4. The molecule has 0 radical (unpaired) electrons. The number of ether oxygens (including phenoxy) is 1. The van der Waals surface area contributed by atoms with Gasteiger partial charge in [0.25, 0.3) is 0 Å². The number of hydrogen-bond acceptors (Lipinski definition) is 5. The second-order valence-corrected chi connectivity index (χ2v) is 8.47. The van der Waals surface area contributed by atoms with Crippen molar-refractivity contribution in [3.05, 3.63) is 47.4 Å². The van der Waals surface area contributed by atoms with E-state index in [2.05, 4.69) is 45.1 Å². The van der Waals surface area contributed by atoms with E-state index in [1.54, 1.807) is 0 Å². The molecule has 1 spiro atoms. The van der Waals surface area contributed by atoms with Crippen LogP contribution < -0.4 is 10.6 Å². The highest BCUT2D eigenvalue weighted by molar-refractivity contribution is 5.25. The number of dihydropyridines is 1. The van der Waals surface area contributed by atoms with E-state index >= 15 is 0 Å². The van der Waals surface area contributed by atoms with E-state index in [-0.39, 0.29) is 11.0 Å². The number of hydrogen-bond donors (Lipinski definition) is 2. The molecule has 1 aromatic heterocycles. The highest BCUT2D eigenvalue weighted by atomic mass is 16.5. The quantitative estimate of drug-likeness (QED) is 0.754. The Bertz CT molecular complexity index is 708. The molecule has 1 saturated carbocycles. The fourth-order valence-electron chi connectivity index (χ4n) is 5.15. The zero-order chi connectivity index (χ0) is 18.6. The van der Waals surface area contributed by atoms with Crippen molar-refractivity contribution in [1.82, 2.24) is 20.8 Å². The van der Waals surface area contributed by atoms with Crippen LogP contribution >= 0.6 is 0 Å².